The second-order valence-electron chi connectivity index (χ2n) is 3.96. The van der Waals surface area contributed by atoms with Crippen molar-refractivity contribution in [2.24, 2.45) is 12.8 Å². The fourth-order valence-corrected chi connectivity index (χ4v) is 1.70. The molecule has 0 aliphatic carbocycles. The summed E-state index contributed by atoms with van der Waals surface area (Å²) >= 11 is 0. The summed E-state index contributed by atoms with van der Waals surface area (Å²) in [6.45, 7) is 0.509. The molecule has 0 amide bonds. The van der Waals surface area contributed by atoms with Crippen LogP contribution in [-0.2, 0) is 13.5 Å². The van der Waals surface area contributed by atoms with E-state index in [-0.39, 0.29) is 5.84 Å². The number of aromatic nitrogens is 2. The van der Waals surface area contributed by atoms with Crippen LogP contribution in [0.4, 0.5) is 0 Å². The molecule has 0 fully saturated rings. The molecule has 0 aliphatic rings. The number of nitrogens with zero attached hydrogens (tertiary/aromatic N) is 2. The van der Waals surface area contributed by atoms with Gasteiger partial charge in [-0.3, -0.25) is 5.41 Å². The third-order valence-corrected chi connectivity index (χ3v) is 2.68. The van der Waals surface area contributed by atoms with Gasteiger partial charge < -0.3 is 15.0 Å². The van der Waals surface area contributed by atoms with Gasteiger partial charge in [0.25, 0.3) is 0 Å². The van der Waals surface area contributed by atoms with Crippen molar-refractivity contribution in [3.63, 3.8) is 0 Å². The summed E-state index contributed by atoms with van der Waals surface area (Å²) in [4.78, 5) is 4.22. The first-order valence-corrected chi connectivity index (χ1v) is 5.71. The van der Waals surface area contributed by atoms with Crippen molar-refractivity contribution in [1.29, 1.82) is 5.41 Å². The molecule has 0 unspecified atom stereocenters. The smallest absolute Gasteiger partial charge is 0.130 e. The summed E-state index contributed by atoms with van der Waals surface area (Å²) < 4.78 is 7.61. The molecule has 0 atom stereocenters. The number of nitrogens with one attached hydrogen (secondary N) is 1. The Kier molecular flexibility index (Phi) is 3.62. The van der Waals surface area contributed by atoms with Gasteiger partial charge in [-0.25, -0.2) is 4.98 Å². The normalized spacial score (nSPS) is 10.3. The lowest BCUT2D eigenvalue weighted by Crippen LogP contribution is -2.14. The zero-order chi connectivity index (χ0) is 13.0. The van der Waals surface area contributed by atoms with Gasteiger partial charge in [0.05, 0.1) is 12.2 Å². The zero-order valence-electron chi connectivity index (χ0n) is 10.3. The highest BCUT2D eigenvalue weighted by Crippen LogP contribution is 2.17. The first-order valence-electron chi connectivity index (χ1n) is 5.71. The topological polar surface area (TPSA) is 76.9 Å². The van der Waals surface area contributed by atoms with E-state index >= 15 is 0 Å². The molecule has 0 saturated heterocycles. The van der Waals surface area contributed by atoms with Crippen molar-refractivity contribution >= 4 is 5.84 Å². The van der Waals surface area contributed by atoms with Gasteiger partial charge in [0.1, 0.15) is 17.4 Å². The first kappa shape index (κ1) is 12.2. The lowest BCUT2D eigenvalue weighted by Gasteiger charge is -2.10. The maximum Gasteiger partial charge on any atom is 0.130 e. The Balaban J connectivity index is 1.99. The van der Waals surface area contributed by atoms with Crippen molar-refractivity contribution < 1.29 is 4.74 Å². The number of hydrogen-bond donors (Lipinski definition) is 2. The monoisotopic (exact) mass is 244 g/mol. The van der Waals surface area contributed by atoms with E-state index in [1.54, 1.807) is 12.3 Å². The van der Waals surface area contributed by atoms with Gasteiger partial charge in [0.2, 0.25) is 0 Å². The van der Waals surface area contributed by atoms with E-state index in [0.717, 1.165) is 12.2 Å². The minimum atomic E-state index is 0.0163. The third kappa shape index (κ3) is 2.68. The lowest BCUT2D eigenvalue weighted by atomic mass is 10.2. The van der Waals surface area contributed by atoms with Crippen LogP contribution in [0.3, 0.4) is 0 Å². The maximum absolute atomic E-state index is 7.47. The standard InChI is InChI=1S/C13H16N4O/c1-17-8-7-16-12(17)6-9-18-11-5-3-2-4-10(11)13(14)15/h2-5,7-8H,6,9H2,1H3,(H3,14,15). The molecule has 0 radical (unpaired) electrons. The number of rotatable bonds is 5. The number of nitrogens with two attached hydrogens (primary N) is 1. The highest BCUT2D eigenvalue weighted by molar-refractivity contribution is 5.97. The molecule has 2 rings (SSSR count). The fourth-order valence-electron chi connectivity index (χ4n) is 1.70. The van der Waals surface area contributed by atoms with Crippen molar-refractivity contribution in [2.75, 3.05) is 6.61 Å². The largest absolute Gasteiger partial charge is 0.492 e. The molecule has 2 aromatic rings. The second-order valence-corrected chi connectivity index (χ2v) is 3.96. The summed E-state index contributed by atoms with van der Waals surface area (Å²) in [6.07, 6.45) is 4.38. The van der Waals surface area contributed by atoms with Crippen molar-refractivity contribution in [1.82, 2.24) is 9.55 Å². The van der Waals surface area contributed by atoms with E-state index in [9.17, 15) is 0 Å². The van der Waals surface area contributed by atoms with E-state index in [4.69, 9.17) is 15.9 Å². The van der Waals surface area contributed by atoms with Crippen LogP contribution in [0.15, 0.2) is 36.7 Å². The average Bonchev–Trinajstić information content (AvgIpc) is 2.76. The average molecular weight is 244 g/mol. The molecule has 18 heavy (non-hydrogen) atoms. The summed E-state index contributed by atoms with van der Waals surface area (Å²) in [5.41, 5.74) is 6.11. The van der Waals surface area contributed by atoms with Crippen molar-refractivity contribution in [3.05, 3.63) is 48.0 Å². The molecule has 0 bridgehead atoms. The number of nitrogen functional groups attached to an aromatic ring is 1. The Morgan fingerprint density at radius 3 is 2.89 bits per heavy atom. The van der Waals surface area contributed by atoms with Gasteiger partial charge in [-0.2, -0.15) is 0 Å². The summed E-state index contributed by atoms with van der Waals surface area (Å²) in [5, 5.41) is 7.47. The molecular weight excluding hydrogens is 228 g/mol. The summed E-state index contributed by atoms with van der Waals surface area (Å²) in [5.74, 6) is 1.62. The molecule has 1 heterocycles. The van der Waals surface area contributed by atoms with Crippen molar-refractivity contribution in [3.8, 4) is 5.75 Å². The quantitative estimate of drug-likeness (QED) is 0.615. The van der Waals surface area contributed by atoms with Crippen LogP contribution in [0.2, 0.25) is 0 Å². The second kappa shape index (κ2) is 5.35. The summed E-state index contributed by atoms with van der Waals surface area (Å²) in [7, 11) is 1.95. The highest BCUT2D eigenvalue weighted by Gasteiger charge is 2.06. The first-order chi connectivity index (χ1) is 8.68. The number of aryl methyl sites for hydroxylation is 1. The highest BCUT2D eigenvalue weighted by atomic mass is 16.5. The number of hydrogen-bond acceptors (Lipinski definition) is 3. The van der Waals surface area contributed by atoms with E-state index in [2.05, 4.69) is 4.98 Å². The van der Waals surface area contributed by atoms with Crippen LogP contribution in [0.25, 0.3) is 0 Å². The Labute approximate surface area is 106 Å². The van der Waals surface area contributed by atoms with E-state index in [0.29, 0.717) is 17.9 Å². The zero-order valence-corrected chi connectivity index (χ0v) is 10.3. The number of amidine groups is 1. The predicted molar refractivity (Wildman–Crippen MR) is 69.9 cm³/mol. The molecule has 3 N–H and O–H groups in total. The molecule has 94 valence electrons. The molecule has 5 nitrogen and oxygen atoms in total. The molecule has 0 spiro atoms. The molecule has 1 aromatic carbocycles. The maximum atomic E-state index is 7.47. The van der Waals surface area contributed by atoms with Gasteiger partial charge in [-0.15, -0.1) is 0 Å². The Hall–Kier alpha value is -2.30. The predicted octanol–water partition coefficient (Wildman–Crippen LogP) is 1.33. The van der Waals surface area contributed by atoms with Crippen molar-refractivity contribution in [2.45, 2.75) is 6.42 Å². The Morgan fingerprint density at radius 1 is 1.44 bits per heavy atom. The van der Waals surface area contributed by atoms with Crippen LogP contribution < -0.4 is 10.5 Å². The Bertz CT molecular complexity index is 547. The minimum Gasteiger partial charge on any atom is -0.492 e. The molecule has 0 saturated carbocycles. The third-order valence-electron chi connectivity index (χ3n) is 2.68. The molecule has 1 aromatic heterocycles. The SMILES string of the molecule is Cn1ccnc1CCOc1ccccc1C(=N)N. The van der Waals surface area contributed by atoms with E-state index in [1.165, 1.54) is 0 Å². The molecule has 5 heteroatoms. The van der Waals surface area contributed by atoms with Gasteiger partial charge in [0, 0.05) is 25.9 Å². The number of para-hydroxylation sites is 1. The van der Waals surface area contributed by atoms with Gasteiger partial charge in [-0.05, 0) is 12.1 Å². The van der Waals surface area contributed by atoms with Crippen LogP contribution in [0, 0.1) is 5.41 Å². The van der Waals surface area contributed by atoms with E-state index in [1.807, 2.05) is 36.0 Å². The van der Waals surface area contributed by atoms with Crippen LogP contribution >= 0.6 is 0 Å². The van der Waals surface area contributed by atoms with Crippen LogP contribution in [0.1, 0.15) is 11.4 Å². The van der Waals surface area contributed by atoms with E-state index < -0.39 is 0 Å². The molecular formula is C13H16N4O. The minimum absolute atomic E-state index is 0.0163. The van der Waals surface area contributed by atoms with Crippen LogP contribution in [0.5, 0.6) is 5.75 Å². The van der Waals surface area contributed by atoms with Gasteiger partial charge in [-0.1, -0.05) is 12.1 Å². The lowest BCUT2D eigenvalue weighted by molar-refractivity contribution is 0.317. The molecule has 0 aliphatic heterocycles. The number of imidazole rings is 1. The van der Waals surface area contributed by atoms with Crippen LogP contribution in [-0.4, -0.2) is 22.0 Å². The summed E-state index contributed by atoms with van der Waals surface area (Å²) in [6, 6.07) is 7.29. The fraction of sp³-hybridized carbons (Fsp3) is 0.231. The number of benzene rings is 1. The number of ether oxygens (including phenoxy) is 1. The van der Waals surface area contributed by atoms with Gasteiger partial charge >= 0.3 is 0 Å². The van der Waals surface area contributed by atoms with Gasteiger partial charge in [0.15, 0.2) is 0 Å². The Morgan fingerprint density at radius 2 is 2.22 bits per heavy atom.